The fraction of sp³-hybridized carbons (Fsp3) is 0.538. The average Bonchev–Trinajstić information content (AvgIpc) is 2.30. The Hall–Kier alpha value is -0.900. The van der Waals surface area contributed by atoms with Gasteiger partial charge in [-0.1, -0.05) is 44.2 Å². The lowest BCUT2D eigenvalue weighted by Gasteiger charge is -2.42. The zero-order chi connectivity index (χ0) is 12.2. The zero-order valence-corrected chi connectivity index (χ0v) is 10.2. The van der Waals surface area contributed by atoms with Crippen LogP contribution in [-0.4, -0.2) is 25.4 Å². The van der Waals surface area contributed by atoms with E-state index in [0.717, 1.165) is 5.56 Å². The van der Waals surface area contributed by atoms with Crippen molar-refractivity contribution in [1.82, 2.24) is 0 Å². The molecule has 3 nitrogen and oxygen atoms in total. The van der Waals surface area contributed by atoms with Crippen molar-refractivity contribution in [2.75, 3.05) is 20.3 Å². The highest BCUT2D eigenvalue weighted by Gasteiger charge is 2.44. The maximum atomic E-state index is 10.8. The van der Waals surface area contributed by atoms with Gasteiger partial charge >= 0.3 is 0 Å². The summed E-state index contributed by atoms with van der Waals surface area (Å²) >= 11 is 0. The first-order chi connectivity index (χ1) is 7.48. The highest BCUT2D eigenvalue weighted by molar-refractivity contribution is 5.25. The summed E-state index contributed by atoms with van der Waals surface area (Å²) in [5.41, 5.74) is 5.09. The number of rotatable bonds is 5. The molecule has 0 saturated heterocycles. The Morgan fingerprint density at radius 2 is 1.81 bits per heavy atom. The maximum absolute atomic E-state index is 10.8. The number of benzene rings is 1. The van der Waals surface area contributed by atoms with Gasteiger partial charge in [0.15, 0.2) is 0 Å². The Morgan fingerprint density at radius 1 is 1.25 bits per heavy atom. The molecule has 3 N–H and O–H groups in total. The van der Waals surface area contributed by atoms with E-state index in [9.17, 15) is 5.11 Å². The van der Waals surface area contributed by atoms with E-state index in [1.807, 2.05) is 44.2 Å². The molecule has 1 atom stereocenters. The van der Waals surface area contributed by atoms with Gasteiger partial charge in [0.1, 0.15) is 5.60 Å². The third kappa shape index (κ3) is 2.26. The smallest absolute Gasteiger partial charge is 0.119 e. The molecule has 0 aromatic heterocycles. The van der Waals surface area contributed by atoms with Gasteiger partial charge in [0.05, 0.1) is 6.61 Å². The van der Waals surface area contributed by atoms with E-state index >= 15 is 0 Å². The van der Waals surface area contributed by atoms with Gasteiger partial charge in [-0.25, -0.2) is 0 Å². The second kappa shape index (κ2) is 4.95. The van der Waals surface area contributed by atoms with Crippen LogP contribution in [0.1, 0.15) is 19.4 Å². The molecule has 0 aliphatic carbocycles. The van der Waals surface area contributed by atoms with Crippen LogP contribution in [0.15, 0.2) is 30.3 Å². The minimum Gasteiger partial charge on any atom is -0.382 e. The molecule has 0 spiro atoms. The van der Waals surface area contributed by atoms with E-state index in [4.69, 9.17) is 10.5 Å². The van der Waals surface area contributed by atoms with Crippen molar-refractivity contribution >= 4 is 0 Å². The van der Waals surface area contributed by atoms with Crippen LogP contribution < -0.4 is 5.73 Å². The molecule has 1 aromatic rings. The van der Waals surface area contributed by atoms with E-state index in [2.05, 4.69) is 0 Å². The number of nitrogens with two attached hydrogens (primary N) is 1. The van der Waals surface area contributed by atoms with E-state index in [1.54, 1.807) is 7.11 Å². The molecule has 0 bridgehead atoms. The molecule has 0 fully saturated rings. The minimum absolute atomic E-state index is 0.237. The maximum Gasteiger partial charge on any atom is 0.119 e. The Bertz CT molecular complexity index is 324. The third-order valence-corrected chi connectivity index (χ3v) is 3.23. The second-order valence-corrected chi connectivity index (χ2v) is 4.75. The summed E-state index contributed by atoms with van der Waals surface area (Å²) in [6.07, 6.45) is 0. The number of methoxy groups -OCH3 is 1. The highest BCUT2D eigenvalue weighted by atomic mass is 16.5. The molecular formula is C13H21NO2. The standard InChI is InChI=1S/C13H21NO2/c1-12(2,9-14)13(15,10-16-3)11-7-5-4-6-8-11/h4-8,15H,9-10,14H2,1-3H3. The molecule has 1 unspecified atom stereocenters. The van der Waals surface area contributed by atoms with Crippen molar-refractivity contribution < 1.29 is 9.84 Å². The van der Waals surface area contributed by atoms with E-state index < -0.39 is 11.0 Å². The van der Waals surface area contributed by atoms with Crippen LogP contribution in [0.3, 0.4) is 0 Å². The predicted molar refractivity (Wildman–Crippen MR) is 65.1 cm³/mol. The van der Waals surface area contributed by atoms with Crippen LogP contribution in [0, 0.1) is 5.41 Å². The van der Waals surface area contributed by atoms with Gasteiger partial charge in [-0.15, -0.1) is 0 Å². The number of aliphatic hydroxyl groups is 1. The van der Waals surface area contributed by atoms with Gasteiger partial charge in [-0.05, 0) is 5.56 Å². The van der Waals surface area contributed by atoms with Crippen molar-refractivity contribution in [2.24, 2.45) is 11.1 Å². The van der Waals surface area contributed by atoms with E-state index in [-0.39, 0.29) is 6.61 Å². The van der Waals surface area contributed by atoms with Gasteiger partial charge in [0.2, 0.25) is 0 Å². The van der Waals surface area contributed by atoms with Crippen LogP contribution in [0.5, 0.6) is 0 Å². The summed E-state index contributed by atoms with van der Waals surface area (Å²) in [7, 11) is 1.58. The van der Waals surface area contributed by atoms with Crippen molar-refractivity contribution in [3.63, 3.8) is 0 Å². The predicted octanol–water partition coefficient (Wildman–Crippen LogP) is 1.51. The lowest BCUT2D eigenvalue weighted by atomic mass is 9.71. The third-order valence-electron chi connectivity index (χ3n) is 3.23. The molecule has 0 heterocycles. The Kier molecular flexibility index (Phi) is 4.08. The van der Waals surface area contributed by atoms with Crippen molar-refractivity contribution in [2.45, 2.75) is 19.4 Å². The van der Waals surface area contributed by atoms with Crippen LogP contribution in [0.4, 0.5) is 0 Å². The summed E-state index contributed by atoms with van der Waals surface area (Å²) < 4.78 is 5.14. The van der Waals surface area contributed by atoms with Crippen molar-refractivity contribution in [1.29, 1.82) is 0 Å². The van der Waals surface area contributed by atoms with E-state index in [0.29, 0.717) is 6.54 Å². The molecule has 0 amide bonds. The quantitative estimate of drug-likeness (QED) is 0.795. The van der Waals surface area contributed by atoms with Crippen LogP contribution >= 0.6 is 0 Å². The van der Waals surface area contributed by atoms with Crippen LogP contribution in [0.2, 0.25) is 0 Å². The Balaban J connectivity index is 3.16. The zero-order valence-electron chi connectivity index (χ0n) is 10.2. The summed E-state index contributed by atoms with van der Waals surface area (Å²) in [5.74, 6) is 0. The topological polar surface area (TPSA) is 55.5 Å². The van der Waals surface area contributed by atoms with Crippen molar-refractivity contribution in [3.05, 3.63) is 35.9 Å². The fourth-order valence-corrected chi connectivity index (χ4v) is 1.76. The number of hydrogen-bond acceptors (Lipinski definition) is 3. The normalized spacial score (nSPS) is 15.8. The highest BCUT2D eigenvalue weighted by Crippen LogP contribution is 2.38. The summed E-state index contributed by atoms with van der Waals surface area (Å²) in [5, 5.41) is 10.8. The largest absolute Gasteiger partial charge is 0.382 e. The van der Waals surface area contributed by atoms with Gasteiger partial charge < -0.3 is 15.6 Å². The monoisotopic (exact) mass is 223 g/mol. The molecule has 3 heteroatoms. The SMILES string of the molecule is COCC(O)(c1ccccc1)C(C)(C)CN. The van der Waals surface area contributed by atoms with Gasteiger partial charge in [-0.3, -0.25) is 0 Å². The second-order valence-electron chi connectivity index (χ2n) is 4.75. The molecule has 90 valence electrons. The molecule has 0 saturated carbocycles. The lowest BCUT2D eigenvalue weighted by molar-refractivity contribution is -0.115. The summed E-state index contributed by atoms with van der Waals surface area (Å²) in [4.78, 5) is 0. The first-order valence-electron chi connectivity index (χ1n) is 5.45. The molecule has 0 aliphatic rings. The van der Waals surface area contributed by atoms with Crippen molar-refractivity contribution in [3.8, 4) is 0 Å². The summed E-state index contributed by atoms with van der Waals surface area (Å²) in [6, 6.07) is 9.53. The van der Waals surface area contributed by atoms with Crippen LogP contribution in [-0.2, 0) is 10.3 Å². The van der Waals surface area contributed by atoms with Gasteiger partial charge in [0.25, 0.3) is 0 Å². The average molecular weight is 223 g/mol. The molecule has 0 radical (unpaired) electrons. The molecule has 0 aliphatic heterocycles. The molecule has 16 heavy (non-hydrogen) atoms. The first-order valence-corrected chi connectivity index (χ1v) is 5.45. The fourth-order valence-electron chi connectivity index (χ4n) is 1.76. The first kappa shape index (κ1) is 13.2. The lowest BCUT2D eigenvalue weighted by Crippen LogP contribution is -2.49. The Labute approximate surface area is 97.2 Å². The Morgan fingerprint density at radius 3 is 2.25 bits per heavy atom. The van der Waals surface area contributed by atoms with Crippen LogP contribution in [0.25, 0.3) is 0 Å². The van der Waals surface area contributed by atoms with E-state index in [1.165, 1.54) is 0 Å². The number of hydrogen-bond donors (Lipinski definition) is 2. The minimum atomic E-state index is -1.06. The number of ether oxygens (including phenoxy) is 1. The van der Waals surface area contributed by atoms with Gasteiger partial charge in [-0.2, -0.15) is 0 Å². The molecule has 1 rings (SSSR count). The molecular weight excluding hydrogens is 202 g/mol. The summed E-state index contributed by atoms with van der Waals surface area (Å²) in [6.45, 7) is 4.51. The molecule has 1 aromatic carbocycles. The van der Waals surface area contributed by atoms with Gasteiger partial charge in [0, 0.05) is 19.1 Å².